The zero-order valence-electron chi connectivity index (χ0n) is 11.4. The third kappa shape index (κ3) is 3.35. The molecule has 0 aromatic carbocycles. The Morgan fingerprint density at radius 1 is 1.56 bits per heavy atom. The summed E-state index contributed by atoms with van der Waals surface area (Å²) < 4.78 is 4.66. The van der Waals surface area contributed by atoms with E-state index in [9.17, 15) is 4.79 Å². The fourth-order valence-corrected chi connectivity index (χ4v) is 1.35. The van der Waals surface area contributed by atoms with E-state index in [1.54, 1.807) is 12.3 Å². The summed E-state index contributed by atoms with van der Waals surface area (Å²) in [6.07, 6.45) is 2.58. The highest BCUT2D eigenvalue weighted by Gasteiger charge is 2.18. The van der Waals surface area contributed by atoms with Gasteiger partial charge in [0.15, 0.2) is 0 Å². The van der Waals surface area contributed by atoms with Crippen LogP contribution in [0.4, 0.5) is 11.5 Å². The normalized spacial score (nSPS) is 11.1. The summed E-state index contributed by atoms with van der Waals surface area (Å²) in [6.45, 7) is 7.18. The highest BCUT2D eigenvalue weighted by Crippen LogP contribution is 2.24. The van der Waals surface area contributed by atoms with Gasteiger partial charge in [-0.2, -0.15) is 0 Å². The Labute approximate surface area is 108 Å². The number of hydrogen-bond acceptors (Lipinski definition) is 5. The molecule has 100 valence electrons. The van der Waals surface area contributed by atoms with E-state index in [-0.39, 0.29) is 5.41 Å². The van der Waals surface area contributed by atoms with E-state index in [4.69, 9.17) is 5.73 Å². The Bertz CT molecular complexity index is 430. The van der Waals surface area contributed by atoms with Crippen molar-refractivity contribution in [2.45, 2.75) is 27.2 Å². The summed E-state index contributed by atoms with van der Waals surface area (Å²) in [5.74, 6) is 0.0760. The number of nitrogens with zero attached hydrogens (tertiary/aromatic N) is 1. The van der Waals surface area contributed by atoms with Crippen LogP contribution in [0.3, 0.4) is 0 Å². The molecule has 0 bridgehead atoms. The Morgan fingerprint density at radius 2 is 2.22 bits per heavy atom. The monoisotopic (exact) mass is 251 g/mol. The van der Waals surface area contributed by atoms with Crippen LogP contribution < -0.4 is 11.1 Å². The molecule has 0 amide bonds. The van der Waals surface area contributed by atoms with Crippen LogP contribution in [0.15, 0.2) is 12.3 Å². The van der Waals surface area contributed by atoms with Gasteiger partial charge in [0.25, 0.3) is 0 Å². The summed E-state index contributed by atoms with van der Waals surface area (Å²) >= 11 is 0. The molecular formula is C13H21N3O2. The molecule has 0 aliphatic rings. The molecular weight excluding hydrogens is 230 g/mol. The highest BCUT2D eigenvalue weighted by atomic mass is 16.5. The quantitative estimate of drug-likeness (QED) is 0.785. The van der Waals surface area contributed by atoms with Gasteiger partial charge in [-0.05, 0) is 17.9 Å². The van der Waals surface area contributed by atoms with Crippen molar-refractivity contribution in [1.82, 2.24) is 4.98 Å². The number of anilines is 2. The average Bonchev–Trinajstić information content (AvgIpc) is 2.36. The molecule has 18 heavy (non-hydrogen) atoms. The smallest absolute Gasteiger partial charge is 0.340 e. The highest BCUT2D eigenvalue weighted by molar-refractivity contribution is 5.97. The first-order valence-corrected chi connectivity index (χ1v) is 5.98. The van der Waals surface area contributed by atoms with Gasteiger partial charge in [0.2, 0.25) is 0 Å². The van der Waals surface area contributed by atoms with Gasteiger partial charge in [0.1, 0.15) is 5.82 Å². The molecule has 1 aromatic rings. The maximum Gasteiger partial charge on any atom is 0.340 e. The number of esters is 1. The van der Waals surface area contributed by atoms with E-state index in [1.807, 2.05) is 0 Å². The molecule has 1 rings (SSSR count). The second-order valence-corrected chi connectivity index (χ2v) is 4.98. The van der Waals surface area contributed by atoms with E-state index in [2.05, 4.69) is 35.8 Å². The predicted molar refractivity (Wildman–Crippen MR) is 72.6 cm³/mol. The molecule has 1 aromatic heterocycles. The third-order valence-corrected chi connectivity index (χ3v) is 3.09. The van der Waals surface area contributed by atoms with E-state index >= 15 is 0 Å². The minimum absolute atomic E-state index is 0.148. The number of pyridine rings is 1. The van der Waals surface area contributed by atoms with Crippen molar-refractivity contribution in [1.29, 1.82) is 0 Å². The Morgan fingerprint density at radius 3 is 2.78 bits per heavy atom. The lowest BCUT2D eigenvalue weighted by atomic mass is 9.90. The zero-order valence-corrected chi connectivity index (χ0v) is 11.4. The van der Waals surface area contributed by atoms with Crippen molar-refractivity contribution in [2.75, 3.05) is 24.7 Å². The number of carbonyl (C=O) groups is 1. The number of rotatable bonds is 5. The molecule has 0 unspecified atom stereocenters. The first-order valence-electron chi connectivity index (χ1n) is 5.98. The third-order valence-electron chi connectivity index (χ3n) is 3.09. The number of ether oxygens (including phenoxy) is 1. The number of hydrogen-bond donors (Lipinski definition) is 2. The summed E-state index contributed by atoms with van der Waals surface area (Å²) in [6, 6.07) is 1.55. The standard InChI is InChI=1S/C13H21N3O2/c1-5-13(2,3)8-16-11-10(14)9(6-7-15-11)12(17)18-4/h6-7H,5,8,14H2,1-4H3,(H,15,16). The number of aromatic nitrogens is 1. The van der Waals surface area contributed by atoms with Crippen LogP contribution in [-0.2, 0) is 4.74 Å². The molecule has 0 saturated heterocycles. The number of carbonyl (C=O) groups excluding carboxylic acids is 1. The van der Waals surface area contributed by atoms with Gasteiger partial charge in [-0.25, -0.2) is 9.78 Å². The maximum atomic E-state index is 11.5. The van der Waals surface area contributed by atoms with Crippen molar-refractivity contribution in [3.05, 3.63) is 17.8 Å². The van der Waals surface area contributed by atoms with Crippen molar-refractivity contribution < 1.29 is 9.53 Å². The van der Waals surface area contributed by atoms with Crippen LogP contribution in [0.5, 0.6) is 0 Å². The largest absolute Gasteiger partial charge is 0.465 e. The molecule has 0 saturated carbocycles. The van der Waals surface area contributed by atoms with Gasteiger partial charge in [0, 0.05) is 12.7 Å². The molecule has 1 heterocycles. The average molecular weight is 251 g/mol. The second-order valence-electron chi connectivity index (χ2n) is 4.98. The minimum Gasteiger partial charge on any atom is -0.465 e. The van der Waals surface area contributed by atoms with Crippen LogP contribution in [0.25, 0.3) is 0 Å². The summed E-state index contributed by atoms with van der Waals surface area (Å²) in [5, 5.41) is 3.18. The van der Waals surface area contributed by atoms with Crippen LogP contribution in [0.1, 0.15) is 37.6 Å². The fourth-order valence-electron chi connectivity index (χ4n) is 1.35. The molecule has 0 radical (unpaired) electrons. The van der Waals surface area contributed by atoms with Crippen molar-refractivity contribution in [3.8, 4) is 0 Å². The SMILES string of the molecule is CCC(C)(C)CNc1nccc(C(=O)OC)c1N. The lowest BCUT2D eigenvalue weighted by Crippen LogP contribution is -2.23. The van der Waals surface area contributed by atoms with Gasteiger partial charge >= 0.3 is 5.97 Å². The number of methoxy groups -OCH3 is 1. The van der Waals surface area contributed by atoms with Crippen molar-refractivity contribution in [3.63, 3.8) is 0 Å². The van der Waals surface area contributed by atoms with Crippen molar-refractivity contribution in [2.24, 2.45) is 5.41 Å². The molecule has 5 heteroatoms. The van der Waals surface area contributed by atoms with Gasteiger partial charge in [-0.15, -0.1) is 0 Å². The summed E-state index contributed by atoms with van der Waals surface area (Å²) in [4.78, 5) is 15.6. The van der Waals surface area contributed by atoms with Crippen LogP contribution in [0, 0.1) is 5.41 Å². The lowest BCUT2D eigenvalue weighted by Gasteiger charge is -2.23. The predicted octanol–water partition coefficient (Wildman–Crippen LogP) is 2.30. The van der Waals surface area contributed by atoms with Gasteiger partial charge < -0.3 is 15.8 Å². The molecule has 5 nitrogen and oxygen atoms in total. The number of nitrogen functional groups attached to an aromatic ring is 1. The molecule has 0 fully saturated rings. The van der Waals surface area contributed by atoms with Crippen LogP contribution >= 0.6 is 0 Å². The minimum atomic E-state index is -0.451. The maximum absolute atomic E-state index is 11.5. The van der Waals surface area contributed by atoms with Gasteiger partial charge in [-0.1, -0.05) is 20.8 Å². The second kappa shape index (κ2) is 5.71. The zero-order chi connectivity index (χ0) is 13.8. The first-order chi connectivity index (χ1) is 8.41. The Balaban J connectivity index is 2.88. The number of nitrogens with one attached hydrogen (secondary N) is 1. The number of nitrogens with two attached hydrogens (primary N) is 1. The Kier molecular flexibility index (Phi) is 4.53. The van der Waals surface area contributed by atoms with Gasteiger partial charge in [0.05, 0.1) is 18.4 Å². The molecule has 0 aliphatic carbocycles. The summed E-state index contributed by atoms with van der Waals surface area (Å²) in [5.41, 5.74) is 6.72. The lowest BCUT2D eigenvalue weighted by molar-refractivity contribution is 0.0602. The van der Waals surface area contributed by atoms with E-state index in [0.29, 0.717) is 17.1 Å². The molecule has 0 aliphatic heterocycles. The van der Waals surface area contributed by atoms with Crippen LogP contribution in [0.2, 0.25) is 0 Å². The fraction of sp³-hybridized carbons (Fsp3) is 0.538. The van der Waals surface area contributed by atoms with Gasteiger partial charge in [-0.3, -0.25) is 0 Å². The molecule has 0 spiro atoms. The van der Waals surface area contributed by atoms with E-state index < -0.39 is 5.97 Å². The topological polar surface area (TPSA) is 77.2 Å². The molecule has 3 N–H and O–H groups in total. The van der Waals surface area contributed by atoms with Crippen LogP contribution in [-0.4, -0.2) is 24.6 Å². The van der Waals surface area contributed by atoms with Crippen molar-refractivity contribution >= 4 is 17.5 Å². The Hall–Kier alpha value is -1.78. The molecule has 0 atom stereocenters. The first kappa shape index (κ1) is 14.3. The van der Waals surface area contributed by atoms with E-state index in [1.165, 1.54) is 7.11 Å². The summed E-state index contributed by atoms with van der Waals surface area (Å²) in [7, 11) is 1.33. The van der Waals surface area contributed by atoms with E-state index in [0.717, 1.165) is 13.0 Å².